The van der Waals surface area contributed by atoms with Gasteiger partial charge in [0.15, 0.2) is 0 Å². The summed E-state index contributed by atoms with van der Waals surface area (Å²) in [6, 6.07) is 0. The minimum atomic E-state index is 0.597. The van der Waals surface area contributed by atoms with E-state index < -0.39 is 0 Å². The Morgan fingerprint density at radius 1 is 0.680 bits per heavy atom. The summed E-state index contributed by atoms with van der Waals surface area (Å²) in [4.78, 5) is 0. The van der Waals surface area contributed by atoms with Gasteiger partial charge in [-0.15, -0.1) is 0 Å². The van der Waals surface area contributed by atoms with Crippen molar-refractivity contribution < 1.29 is 4.74 Å². The summed E-state index contributed by atoms with van der Waals surface area (Å²) < 4.78 is 6.24. The van der Waals surface area contributed by atoms with Crippen molar-refractivity contribution >= 4 is 0 Å². The lowest BCUT2D eigenvalue weighted by Crippen LogP contribution is -2.42. The van der Waals surface area contributed by atoms with E-state index in [1.165, 1.54) is 70.6 Å². The molecule has 3 aliphatic carbocycles. The first-order chi connectivity index (χ1) is 12.3. The molecule has 3 rings (SSSR count). The number of fused-ring (bicyclic) bond motifs is 3. The Balaban J connectivity index is 1.42. The second-order valence-electron chi connectivity index (χ2n) is 9.61. The summed E-state index contributed by atoms with van der Waals surface area (Å²) >= 11 is 0. The summed E-state index contributed by atoms with van der Waals surface area (Å²) in [5, 5.41) is 0. The zero-order valence-electron chi connectivity index (χ0n) is 17.2. The maximum absolute atomic E-state index is 6.24. The van der Waals surface area contributed by atoms with Crippen LogP contribution in [0, 0.1) is 29.6 Å². The van der Waals surface area contributed by atoms with Gasteiger partial charge >= 0.3 is 0 Å². The fourth-order valence-electron chi connectivity index (χ4n) is 6.55. The first kappa shape index (κ1) is 19.7. The Labute approximate surface area is 157 Å². The lowest BCUT2D eigenvalue weighted by molar-refractivity contribution is -0.0539. The Bertz CT molecular complexity index is 365. The topological polar surface area (TPSA) is 9.23 Å². The van der Waals surface area contributed by atoms with Crippen molar-refractivity contribution in [2.75, 3.05) is 6.61 Å². The number of rotatable bonds is 9. The van der Waals surface area contributed by atoms with Gasteiger partial charge in [0.2, 0.25) is 0 Å². The van der Waals surface area contributed by atoms with Gasteiger partial charge in [-0.25, -0.2) is 0 Å². The van der Waals surface area contributed by atoms with Gasteiger partial charge in [-0.3, -0.25) is 0 Å². The molecule has 0 spiro atoms. The summed E-state index contributed by atoms with van der Waals surface area (Å²) in [5.41, 5.74) is 0. The van der Waals surface area contributed by atoms with Crippen LogP contribution >= 0.6 is 0 Å². The molecule has 0 amide bonds. The van der Waals surface area contributed by atoms with Crippen LogP contribution in [0.15, 0.2) is 0 Å². The molecule has 0 heterocycles. The van der Waals surface area contributed by atoms with Gasteiger partial charge in [0.05, 0.1) is 6.10 Å². The molecule has 1 nitrogen and oxygen atoms in total. The van der Waals surface area contributed by atoms with Crippen LogP contribution in [0.25, 0.3) is 0 Å². The van der Waals surface area contributed by atoms with Gasteiger partial charge < -0.3 is 4.74 Å². The summed E-state index contributed by atoms with van der Waals surface area (Å²) in [5.74, 6) is 5.31. The first-order valence-electron chi connectivity index (χ1n) is 11.9. The SMILES string of the molecule is CCCCCO[C@@H]1CCC2C(CCC3C[C@H](CCCCC)CCC32)C1. The van der Waals surface area contributed by atoms with Crippen LogP contribution in [0.2, 0.25) is 0 Å². The highest BCUT2D eigenvalue weighted by Crippen LogP contribution is 2.53. The number of unbranched alkanes of at least 4 members (excludes halogenated alkanes) is 4. The predicted molar refractivity (Wildman–Crippen MR) is 108 cm³/mol. The van der Waals surface area contributed by atoms with Crippen LogP contribution in [0.5, 0.6) is 0 Å². The molecule has 0 aromatic carbocycles. The van der Waals surface area contributed by atoms with Crippen LogP contribution in [0.1, 0.15) is 110 Å². The molecule has 0 bridgehead atoms. The highest BCUT2D eigenvalue weighted by molar-refractivity contribution is 4.94. The van der Waals surface area contributed by atoms with Crippen LogP contribution in [0.4, 0.5) is 0 Å². The molecule has 3 aliphatic rings. The summed E-state index contributed by atoms with van der Waals surface area (Å²) in [6.07, 6.45) is 22.3. The van der Waals surface area contributed by atoms with Gasteiger partial charge in [0.1, 0.15) is 0 Å². The lowest BCUT2D eigenvalue weighted by atomic mass is 9.56. The van der Waals surface area contributed by atoms with Crippen molar-refractivity contribution in [3.63, 3.8) is 0 Å². The standard InChI is InChI=1S/C24H44O/c1-3-5-7-9-19-10-14-23-20(17-19)11-12-21-18-22(13-15-24(21)23)25-16-8-6-4-2/h19-24H,3-18H2,1-2H3/t19-,20?,21?,22-,23?,24?/m1/s1. The fourth-order valence-corrected chi connectivity index (χ4v) is 6.55. The minimum absolute atomic E-state index is 0.597. The highest BCUT2D eigenvalue weighted by atomic mass is 16.5. The molecule has 3 fully saturated rings. The summed E-state index contributed by atoms with van der Waals surface area (Å²) in [6.45, 7) is 5.63. The third kappa shape index (κ3) is 5.47. The van der Waals surface area contributed by atoms with E-state index in [2.05, 4.69) is 13.8 Å². The first-order valence-corrected chi connectivity index (χ1v) is 11.9. The molecular formula is C24H44O. The molecule has 1 heteroatoms. The monoisotopic (exact) mass is 348 g/mol. The van der Waals surface area contributed by atoms with Gasteiger partial charge in [-0.2, -0.15) is 0 Å². The van der Waals surface area contributed by atoms with E-state index in [1.54, 1.807) is 25.7 Å². The van der Waals surface area contributed by atoms with E-state index in [0.29, 0.717) is 6.10 Å². The van der Waals surface area contributed by atoms with E-state index >= 15 is 0 Å². The van der Waals surface area contributed by atoms with Crippen molar-refractivity contribution in [1.29, 1.82) is 0 Å². The smallest absolute Gasteiger partial charge is 0.0578 e. The van der Waals surface area contributed by atoms with Crippen LogP contribution in [-0.2, 0) is 4.74 Å². The number of hydrogen-bond donors (Lipinski definition) is 0. The molecule has 0 aromatic heterocycles. The van der Waals surface area contributed by atoms with E-state index in [0.717, 1.165) is 36.2 Å². The van der Waals surface area contributed by atoms with E-state index in [4.69, 9.17) is 4.74 Å². The lowest BCUT2D eigenvalue weighted by Gasteiger charge is -2.50. The Morgan fingerprint density at radius 3 is 2.12 bits per heavy atom. The fraction of sp³-hybridized carbons (Fsp3) is 1.00. The molecule has 0 N–H and O–H groups in total. The molecule has 146 valence electrons. The zero-order valence-corrected chi connectivity index (χ0v) is 17.2. The molecule has 0 aliphatic heterocycles. The average molecular weight is 349 g/mol. The van der Waals surface area contributed by atoms with E-state index in [1.807, 2.05) is 0 Å². The van der Waals surface area contributed by atoms with Crippen molar-refractivity contribution in [1.82, 2.24) is 0 Å². The molecule has 6 atom stereocenters. The summed E-state index contributed by atoms with van der Waals surface area (Å²) in [7, 11) is 0. The van der Waals surface area contributed by atoms with Crippen molar-refractivity contribution in [2.45, 2.75) is 116 Å². The Kier molecular flexibility index (Phi) is 8.15. The highest BCUT2D eigenvalue weighted by Gasteiger charge is 2.44. The van der Waals surface area contributed by atoms with Crippen molar-refractivity contribution in [3.05, 3.63) is 0 Å². The Morgan fingerprint density at radius 2 is 1.36 bits per heavy atom. The molecule has 0 aromatic rings. The Hall–Kier alpha value is -0.0400. The molecule has 4 unspecified atom stereocenters. The normalized spacial score (nSPS) is 38.2. The van der Waals surface area contributed by atoms with Gasteiger partial charge in [0, 0.05) is 6.61 Å². The van der Waals surface area contributed by atoms with Crippen LogP contribution < -0.4 is 0 Å². The van der Waals surface area contributed by atoms with Crippen LogP contribution in [0.3, 0.4) is 0 Å². The van der Waals surface area contributed by atoms with Gasteiger partial charge in [-0.05, 0) is 81.0 Å². The largest absolute Gasteiger partial charge is 0.378 e. The zero-order chi connectivity index (χ0) is 17.5. The predicted octanol–water partition coefficient (Wildman–Crippen LogP) is 7.38. The van der Waals surface area contributed by atoms with Gasteiger partial charge in [-0.1, -0.05) is 58.8 Å². The molecular weight excluding hydrogens is 304 g/mol. The third-order valence-electron chi connectivity index (χ3n) is 7.92. The van der Waals surface area contributed by atoms with Gasteiger partial charge in [0.25, 0.3) is 0 Å². The van der Waals surface area contributed by atoms with Crippen LogP contribution in [-0.4, -0.2) is 12.7 Å². The third-order valence-corrected chi connectivity index (χ3v) is 7.92. The second kappa shape index (κ2) is 10.3. The van der Waals surface area contributed by atoms with Crippen molar-refractivity contribution in [3.8, 4) is 0 Å². The van der Waals surface area contributed by atoms with Crippen molar-refractivity contribution in [2.24, 2.45) is 29.6 Å². The van der Waals surface area contributed by atoms with E-state index in [-0.39, 0.29) is 0 Å². The molecule has 0 saturated heterocycles. The average Bonchev–Trinajstić information content (AvgIpc) is 2.65. The second-order valence-corrected chi connectivity index (χ2v) is 9.61. The number of ether oxygens (including phenoxy) is 1. The maximum atomic E-state index is 6.24. The molecule has 25 heavy (non-hydrogen) atoms. The van der Waals surface area contributed by atoms with E-state index in [9.17, 15) is 0 Å². The number of hydrogen-bond acceptors (Lipinski definition) is 1. The minimum Gasteiger partial charge on any atom is -0.378 e. The molecule has 0 radical (unpaired) electrons. The quantitative estimate of drug-likeness (QED) is 0.395. The molecule has 3 saturated carbocycles. The maximum Gasteiger partial charge on any atom is 0.0578 e.